The molecule has 714 valence electrons. The number of amides is 15. The molecule has 0 unspecified atom stereocenters. The summed E-state index contributed by atoms with van der Waals surface area (Å²) in [4.78, 5) is 227. The number of fused-ring (bicyclic) bond motifs is 7. The summed E-state index contributed by atoms with van der Waals surface area (Å²) < 4.78 is 12.9. The molecule has 0 bridgehead atoms. The van der Waals surface area contributed by atoms with Crippen molar-refractivity contribution in [1.29, 1.82) is 0 Å². The largest absolute Gasteiger partial charge is 0.448 e. The van der Waals surface area contributed by atoms with Gasteiger partial charge in [0.25, 0.3) is 11.8 Å². The SMILES string of the molecule is CC(=O)N[C@@H](C)C(=O)N[C@@H](C)C(=O)NC(C)(C)C(=O)N[C@@H](Cc1c[nH]c2ccccc12)C(=O)N(C(=O)OCC1c2ccccc2-c2ccccc21)[C@H](CP(=S)(c1ccccc1)c1ccccc1)C(=O)N[C@@H](C)C(=O)N[C@@H](C)C(=O)N(C(=O)OCC1c2ccccc2-c2ccccc21)[C@@H](CP(=S)(c1ccccc1)c1ccccc1)C(=O)N[C@@H](C)C(=O)N[C@@H](C)C(=O)NC(C)(C)C(=O)N[C@@H](C)C(N)=O. The summed E-state index contributed by atoms with van der Waals surface area (Å²) in [6, 6.07) is 48.3. The number of carbonyl (C=O) groups excluding carboxylic acids is 15. The lowest BCUT2D eigenvalue weighted by atomic mass is 9.98. The summed E-state index contributed by atoms with van der Waals surface area (Å²) in [6.07, 6.45) is -2.76. The van der Waals surface area contributed by atoms with Crippen LogP contribution in [0.2, 0.25) is 0 Å². The fourth-order valence-electron chi connectivity index (χ4n) is 16.7. The molecule has 2 aliphatic rings. The number of primary amides is 1. The van der Waals surface area contributed by atoms with E-state index >= 15 is 38.4 Å². The van der Waals surface area contributed by atoms with Gasteiger partial charge in [0.15, 0.2) is 0 Å². The van der Waals surface area contributed by atoms with Crippen molar-refractivity contribution in [2.45, 2.75) is 173 Å². The lowest BCUT2D eigenvalue weighted by molar-refractivity contribution is -0.143. The van der Waals surface area contributed by atoms with Gasteiger partial charge in [0.05, 0.1) is 0 Å². The molecule has 2 aliphatic carbocycles. The van der Waals surface area contributed by atoms with Gasteiger partial charge < -0.3 is 73.4 Å². The number of hydrogen-bond donors (Lipinski definition) is 12. The number of rotatable bonds is 38. The first-order valence-corrected chi connectivity index (χ1v) is 50.8. The van der Waals surface area contributed by atoms with Crippen molar-refractivity contribution in [3.63, 3.8) is 0 Å². The number of nitrogens with zero attached hydrogens (tertiary/aromatic N) is 2. The van der Waals surface area contributed by atoms with Crippen molar-refractivity contribution < 1.29 is 81.4 Å². The fraction of sp³-hybridized carbons (Fsp3) is 0.304. The Morgan fingerprint density at radius 3 is 1.04 bits per heavy atom. The van der Waals surface area contributed by atoms with E-state index in [4.69, 9.17) is 38.8 Å². The number of carbonyl (C=O) groups is 15. The van der Waals surface area contributed by atoms with Gasteiger partial charge in [0.1, 0.15) is 84.7 Å². The Labute approximate surface area is 804 Å². The van der Waals surface area contributed by atoms with E-state index in [2.05, 4.69) is 58.2 Å². The Morgan fingerprint density at radius 1 is 0.372 bits per heavy atom. The van der Waals surface area contributed by atoms with Crippen LogP contribution in [0.5, 0.6) is 0 Å². The Kier molecular flexibility index (Phi) is 32.8. The topological polar surface area (TPSA) is 443 Å². The van der Waals surface area contributed by atoms with E-state index in [-0.39, 0.29) is 0 Å². The molecule has 12 rings (SSSR count). The maximum atomic E-state index is 17.1. The minimum atomic E-state index is -3.61. The van der Waals surface area contributed by atoms with E-state index < -0.39 is 216 Å². The highest BCUT2D eigenvalue weighted by Crippen LogP contribution is 2.50. The summed E-state index contributed by atoms with van der Waals surface area (Å²) >= 11 is 13.8. The molecule has 0 radical (unpaired) electrons. The van der Waals surface area contributed by atoms with E-state index in [9.17, 15) is 33.6 Å². The second-order valence-corrected chi connectivity index (χ2v) is 44.7. The molecule has 0 spiro atoms. The molecule has 10 aromatic rings. The molecule has 1 heterocycles. The highest BCUT2D eigenvalue weighted by atomic mass is 32.4. The maximum Gasteiger partial charge on any atom is 0.417 e. The van der Waals surface area contributed by atoms with Crippen LogP contribution in [0.15, 0.2) is 249 Å². The molecule has 13 N–H and O–H groups in total. The van der Waals surface area contributed by atoms with Crippen LogP contribution in [0.1, 0.15) is 123 Å². The minimum absolute atomic E-state index is 0.422. The normalized spacial score (nSPS) is 14.5. The third-order valence-electron chi connectivity index (χ3n) is 24.4. The predicted octanol–water partition coefficient (Wildman–Crippen LogP) is 7.58. The summed E-state index contributed by atoms with van der Waals surface area (Å²) in [6.45, 7) is 14.9. The van der Waals surface area contributed by atoms with Crippen molar-refractivity contribution in [3.05, 3.63) is 277 Å². The number of H-pyrrole nitrogens is 1. The molecule has 31 nitrogen and oxygen atoms in total. The molecule has 0 aliphatic heterocycles. The first-order chi connectivity index (χ1) is 65.1. The number of para-hydroxylation sites is 1. The number of nitrogens with two attached hydrogens (primary N) is 1. The van der Waals surface area contributed by atoms with Crippen LogP contribution in [0, 0.1) is 0 Å². The van der Waals surface area contributed by atoms with Crippen LogP contribution in [0.4, 0.5) is 9.59 Å². The summed E-state index contributed by atoms with van der Waals surface area (Å²) in [5.41, 5.74) is 9.21. The Bertz CT molecular complexity index is 6190. The molecule has 15 amide bonds. The number of aromatic amines is 1. The second kappa shape index (κ2) is 44.1. The number of benzene rings is 9. The molecule has 0 saturated heterocycles. The van der Waals surface area contributed by atoms with Crippen molar-refractivity contribution in [1.82, 2.24) is 68.0 Å². The molecule has 0 saturated carbocycles. The Morgan fingerprint density at radius 2 is 0.679 bits per heavy atom. The van der Waals surface area contributed by atoms with E-state index in [1.807, 2.05) is 97.1 Å². The molecule has 0 fully saturated rings. The molecule has 35 heteroatoms. The van der Waals surface area contributed by atoms with Gasteiger partial charge in [-0.1, -0.05) is 260 Å². The van der Waals surface area contributed by atoms with Crippen LogP contribution >= 0.6 is 12.1 Å². The number of ether oxygens (including phenoxy) is 2. The standard InChI is InChI=1S/C102H112N14O17P2S2/c1-59(87(103)118)111-97(128)101(9,10)113-91(122)64(6)107-89(120)61(3)108-93(124)85(57-134(136,68-35-17-13-18-36-68)69-37-19-14-20-38-69)115(99(130)132-55-81-77-48-29-25-44-73(77)74-45-26-30-49-78(74)81)95(126)65(7)110-90(121)62(4)109-94(125)86(58-135(137,70-39-21-15-22-40-70)71-41-23-16-24-42-71)116(100(131)133-56-82-79-50-31-27-46-75(79)76-47-28-32-51-80(76)82)96(127)84(53-67-54-104-83-52-34-33-43-72(67)83)112-98(129)102(11,12)114-92(123)63(5)106-88(119)60(2)105-66(8)117/h13-52,54,59-65,81-82,84-86,104H,53,55-58H2,1-12H3,(H2,103,118)(H,105,117)(H,106,119)(H,107,120)(H,108,124)(H,109,125)(H,110,121)(H,111,128)(H,112,129)(H,113,122)(H,114,123)/t59-,60-,61-,62-,63-,64-,65-,84-,85-,86+/m0/s1. The van der Waals surface area contributed by atoms with Crippen molar-refractivity contribution in [2.75, 3.05) is 25.5 Å². The van der Waals surface area contributed by atoms with Crippen LogP contribution in [-0.4, -0.2) is 201 Å². The van der Waals surface area contributed by atoms with Gasteiger partial charge in [0.2, 0.25) is 65.0 Å². The third-order valence-corrected chi connectivity index (χ3v) is 34.0. The van der Waals surface area contributed by atoms with Gasteiger partial charge in [-0.2, -0.15) is 0 Å². The number of aromatic nitrogens is 1. The zero-order chi connectivity index (χ0) is 99.1. The van der Waals surface area contributed by atoms with Gasteiger partial charge in [-0.3, -0.25) is 62.3 Å². The summed E-state index contributed by atoms with van der Waals surface area (Å²) in [5, 5.41) is 28.7. The van der Waals surface area contributed by atoms with Crippen molar-refractivity contribution in [3.8, 4) is 22.3 Å². The van der Waals surface area contributed by atoms with Gasteiger partial charge in [-0.15, -0.1) is 0 Å². The van der Waals surface area contributed by atoms with Crippen LogP contribution in [0.25, 0.3) is 33.2 Å². The highest BCUT2D eigenvalue weighted by Gasteiger charge is 2.49. The molecule has 137 heavy (non-hydrogen) atoms. The van der Waals surface area contributed by atoms with Gasteiger partial charge in [-0.05, 0) is 154 Å². The number of hydrogen-bond acceptors (Lipinski definition) is 19. The molecule has 1 aromatic heterocycles. The fourth-order valence-corrected chi connectivity index (χ4v) is 24.7. The molecular formula is C102H112N14O17P2S2. The lowest BCUT2D eigenvalue weighted by Gasteiger charge is -2.36. The Hall–Kier alpha value is -14.1. The monoisotopic (exact) mass is 1930 g/mol. The zero-order valence-corrected chi connectivity index (χ0v) is 81.2. The summed E-state index contributed by atoms with van der Waals surface area (Å²) in [5.74, 6) is -13.9. The first-order valence-electron chi connectivity index (χ1n) is 44.8. The van der Waals surface area contributed by atoms with Crippen LogP contribution in [0.3, 0.4) is 0 Å². The number of imide groups is 2. The first kappa shape index (κ1) is 102. The van der Waals surface area contributed by atoms with E-state index in [0.29, 0.717) is 47.5 Å². The average molecular weight is 1930 g/mol. The van der Waals surface area contributed by atoms with Crippen LogP contribution in [-0.2, 0) is 102 Å². The van der Waals surface area contributed by atoms with Gasteiger partial charge in [0, 0.05) is 66.7 Å². The quantitative estimate of drug-likeness (QED) is 0.0166. The smallest absolute Gasteiger partial charge is 0.417 e. The minimum Gasteiger partial charge on any atom is -0.448 e. The second-order valence-electron chi connectivity index (χ2n) is 35.2. The van der Waals surface area contributed by atoms with Crippen molar-refractivity contribution in [2.24, 2.45) is 5.73 Å². The van der Waals surface area contributed by atoms with E-state index in [1.165, 1.54) is 83.1 Å². The lowest BCUT2D eigenvalue weighted by Crippen LogP contribution is -2.65. The van der Waals surface area contributed by atoms with Gasteiger partial charge in [-0.25, -0.2) is 19.4 Å². The highest BCUT2D eigenvalue weighted by molar-refractivity contribution is 8.22. The van der Waals surface area contributed by atoms with E-state index in [0.717, 1.165) is 44.5 Å². The molecule has 10 atom stereocenters. The predicted molar refractivity (Wildman–Crippen MR) is 530 cm³/mol. The summed E-state index contributed by atoms with van der Waals surface area (Å²) in [7, 11) is 0. The molecule has 9 aromatic carbocycles. The maximum absolute atomic E-state index is 17.1. The number of nitrogens with one attached hydrogen (secondary N) is 11. The third kappa shape index (κ3) is 23.7. The van der Waals surface area contributed by atoms with Gasteiger partial charge >= 0.3 is 12.2 Å². The van der Waals surface area contributed by atoms with Crippen LogP contribution < -0.4 is 80.1 Å². The van der Waals surface area contributed by atoms with E-state index in [1.54, 1.807) is 152 Å². The van der Waals surface area contributed by atoms with Crippen molar-refractivity contribution >= 4 is 157 Å². The zero-order valence-electron chi connectivity index (χ0n) is 77.8. The Balaban J connectivity index is 0.937. The average Bonchev–Trinajstić information content (AvgIpc) is 0.945. The molecular weight excluding hydrogens is 1820 g/mol.